The number of piperidine rings is 2. The van der Waals surface area contributed by atoms with E-state index in [0.717, 1.165) is 55.5 Å². The van der Waals surface area contributed by atoms with Gasteiger partial charge < -0.3 is 9.80 Å². The number of anilines is 1. The SMILES string of the molecule is C[C@@H]1CCCN(C(=O)[C@H]2CCCN(c3nc4c(-c5ccccc5)csc4c(=O)[nH]3)C2)C1. The molecule has 4 heterocycles. The topological polar surface area (TPSA) is 69.3 Å². The molecule has 0 saturated carbocycles. The molecule has 0 bridgehead atoms. The molecular formula is C24H28N4O2S. The molecule has 3 aromatic rings. The molecule has 2 aliphatic rings. The van der Waals surface area contributed by atoms with Gasteiger partial charge in [0.05, 0.1) is 11.4 Å². The van der Waals surface area contributed by atoms with Crippen LogP contribution in [0.1, 0.15) is 32.6 Å². The van der Waals surface area contributed by atoms with Gasteiger partial charge in [0.1, 0.15) is 4.70 Å². The van der Waals surface area contributed by atoms with Gasteiger partial charge in [-0.2, -0.15) is 0 Å². The van der Waals surface area contributed by atoms with E-state index in [1.54, 1.807) is 0 Å². The largest absolute Gasteiger partial charge is 0.342 e. The van der Waals surface area contributed by atoms with Crippen LogP contribution >= 0.6 is 11.3 Å². The Hall–Kier alpha value is -2.67. The maximum Gasteiger partial charge on any atom is 0.270 e. The van der Waals surface area contributed by atoms with Crippen LogP contribution in [0, 0.1) is 11.8 Å². The third kappa shape index (κ3) is 3.99. The molecule has 2 fully saturated rings. The average Bonchev–Trinajstić information content (AvgIpc) is 3.24. The van der Waals surface area contributed by atoms with Crippen molar-refractivity contribution in [1.29, 1.82) is 0 Å². The Morgan fingerprint density at radius 1 is 1.13 bits per heavy atom. The van der Waals surface area contributed by atoms with Crippen molar-refractivity contribution >= 4 is 33.4 Å². The van der Waals surface area contributed by atoms with Crippen LogP contribution in [0.2, 0.25) is 0 Å². The standard InChI is InChI=1S/C24H28N4O2S/c1-16-7-5-11-27(13-16)23(30)18-10-6-12-28(14-18)24-25-20-19(17-8-3-2-4-9-17)15-31-21(20)22(29)26-24/h2-4,8-9,15-16,18H,5-7,10-14H2,1H3,(H,25,26,29)/t16-,18+/m1/s1. The van der Waals surface area contributed by atoms with Gasteiger partial charge in [0, 0.05) is 37.1 Å². The first-order valence-corrected chi connectivity index (χ1v) is 12.1. The third-order valence-corrected chi connectivity index (χ3v) is 7.51. The lowest BCUT2D eigenvalue weighted by molar-refractivity contribution is -0.137. The molecule has 0 aliphatic carbocycles. The van der Waals surface area contributed by atoms with E-state index in [0.29, 0.717) is 23.1 Å². The van der Waals surface area contributed by atoms with E-state index in [1.807, 2.05) is 40.6 Å². The summed E-state index contributed by atoms with van der Waals surface area (Å²) in [4.78, 5) is 37.9. The summed E-state index contributed by atoms with van der Waals surface area (Å²) in [5, 5.41) is 2.01. The molecule has 2 saturated heterocycles. The van der Waals surface area contributed by atoms with Gasteiger partial charge in [-0.25, -0.2) is 4.98 Å². The van der Waals surface area contributed by atoms with Crippen LogP contribution in [0.5, 0.6) is 0 Å². The van der Waals surface area contributed by atoms with Gasteiger partial charge in [-0.1, -0.05) is 37.3 Å². The first-order chi connectivity index (χ1) is 15.1. The number of benzene rings is 1. The smallest absolute Gasteiger partial charge is 0.270 e. The Morgan fingerprint density at radius 2 is 1.94 bits per heavy atom. The summed E-state index contributed by atoms with van der Waals surface area (Å²) >= 11 is 1.43. The van der Waals surface area contributed by atoms with E-state index in [2.05, 4.69) is 16.8 Å². The van der Waals surface area contributed by atoms with Crippen LogP contribution < -0.4 is 10.5 Å². The minimum atomic E-state index is -0.106. The zero-order chi connectivity index (χ0) is 21.4. The van der Waals surface area contributed by atoms with Crippen LogP contribution in [0.3, 0.4) is 0 Å². The first-order valence-electron chi connectivity index (χ1n) is 11.2. The molecule has 1 amide bonds. The van der Waals surface area contributed by atoms with E-state index >= 15 is 0 Å². The van der Waals surface area contributed by atoms with Crippen molar-refractivity contribution in [3.63, 3.8) is 0 Å². The zero-order valence-electron chi connectivity index (χ0n) is 17.8. The highest BCUT2D eigenvalue weighted by atomic mass is 32.1. The van der Waals surface area contributed by atoms with Gasteiger partial charge in [0.2, 0.25) is 11.9 Å². The van der Waals surface area contributed by atoms with Crippen LogP contribution in [0.25, 0.3) is 21.3 Å². The highest BCUT2D eigenvalue weighted by Crippen LogP contribution is 2.32. The lowest BCUT2D eigenvalue weighted by Crippen LogP contribution is -2.48. The molecule has 0 radical (unpaired) electrons. The molecule has 2 aromatic heterocycles. The van der Waals surface area contributed by atoms with Crippen molar-refractivity contribution in [1.82, 2.24) is 14.9 Å². The molecule has 0 spiro atoms. The fraction of sp³-hybridized carbons (Fsp3) is 0.458. The summed E-state index contributed by atoms with van der Waals surface area (Å²) in [7, 11) is 0. The summed E-state index contributed by atoms with van der Waals surface area (Å²) < 4.78 is 0.648. The van der Waals surface area contributed by atoms with Crippen molar-refractivity contribution in [2.24, 2.45) is 11.8 Å². The number of aromatic nitrogens is 2. The van der Waals surface area contributed by atoms with Crippen LogP contribution in [0.15, 0.2) is 40.5 Å². The van der Waals surface area contributed by atoms with Crippen molar-refractivity contribution in [2.75, 3.05) is 31.1 Å². The normalized spacial score (nSPS) is 22.1. The third-order valence-electron chi connectivity index (χ3n) is 6.54. The number of amides is 1. The molecule has 31 heavy (non-hydrogen) atoms. The number of hydrogen-bond donors (Lipinski definition) is 1. The number of thiophene rings is 1. The van der Waals surface area contributed by atoms with Crippen molar-refractivity contribution in [3.8, 4) is 11.1 Å². The minimum Gasteiger partial charge on any atom is -0.342 e. The van der Waals surface area contributed by atoms with Crippen molar-refractivity contribution < 1.29 is 4.79 Å². The lowest BCUT2D eigenvalue weighted by Gasteiger charge is -2.37. The average molecular weight is 437 g/mol. The number of hydrogen-bond acceptors (Lipinski definition) is 5. The molecule has 6 nitrogen and oxygen atoms in total. The second-order valence-electron chi connectivity index (χ2n) is 8.90. The fourth-order valence-corrected chi connectivity index (χ4v) is 5.82. The van der Waals surface area contributed by atoms with Gasteiger partial charge in [-0.15, -0.1) is 11.3 Å². The number of nitrogens with zero attached hydrogens (tertiary/aromatic N) is 3. The van der Waals surface area contributed by atoms with E-state index in [9.17, 15) is 9.59 Å². The monoisotopic (exact) mass is 436 g/mol. The Labute approximate surface area is 185 Å². The van der Waals surface area contributed by atoms with Crippen LogP contribution in [0.4, 0.5) is 5.95 Å². The van der Waals surface area contributed by atoms with Gasteiger partial charge in [-0.05, 0) is 37.2 Å². The highest BCUT2D eigenvalue weighted by Gasteiger charge is 2.32. The number of aromatic amines is 1. The maximum atomic E-state index is 13.2. The molecule has 0 unspecified atom stereocenters. The predicted molar refractivity (Wildman–Crippen MR) is 126 cm³/mol. The number of carbonyl (C=O) groups is 1. The first kappa shape index (κ1) is 20.2. The predicted octanol–water partition coefficient (Wildman–Crippen LogP) is 4.13. The molecular weight excluding hydrogens is 408 g/mol. The highest BCUT2D eigenvalue weighted by molar-refractivity contribution is 7.17. The Bertz CT molecular complexity index is 1140. The van der Waals surface area contributed by atoms with E-state index in [-0.39, 0.29) is 17.4 Å². The number of fused-ring (bicyclic) bond motifs is 1. The quantitative estimate of drug-likeness (QED) is 0.670. The summed E-state index contributed by atoms with van der Waals surface area (Å²) in [5.74, 6) is 1.39. The molecule has 1 N–H and O–H groups in total. The number of rotatable bonds is 3. The molecule has 5 rings (SSSR count). The van der Waals surface area contributed by atoms with Gasteiger partial charge in [0.15, 0.2) is 0 Å². The number of carbonyl (C=O) groups excluding carboxylic acids is 1. The van der Waals surface area contributed by atoms with Crippen molar-refractivity contribution in [2.45, 2.75) is 32.6 Å². The minimum absolute atomic E-state index is 0.0314. The van der Waals surface area contributed by atoms with E-state index in [1.165, 1.54) is 17.8 Å². The second kappa shape index (κ2) is 8.46. The Balaban J connectivity index is 1.42. The molecule has 7 heteroatoms. The Morgan fingerprint density at radius 3 is 2.74 bits per heavy atom. The van der Waals surface area contributed by atoms with Crippen LogP contribution in [-0.2, 0) is 4.79 Å². The molecule has 1 aromatic carbocycles. The fourth-order valence-electron chi connectivity index (χ4n) is 4.91. The summed E-state index contributed by atoms with van der Waals surface area (Å²) in [6.45, 7) is 5.38. The molecule has 162 valence electrons. The van der Waals surface area contributed by atoms with Gasteiger partial charge in [0.25, 0.3) is 5.56 Å². The van der Waals surface area contributed by atoms with E-state index < -0.39 is 0 Å². The lowest BCUT2D eigenvalue weighted by atomic mass is 9.94. The van der Waals surface area contributed by atoms with E-state index in [4.69, 9.17) is 4.98 Å². The summed E-state index contributed by atoms with van der Waals surface area (Å²) in [6.07, 6.45) is 4.13. The molecule has 2 aliphatic heterocycles. The molecule has 2 atom stereocenters. The summed E-state index contributed by atoms with van der Waals surface area (Å²) in [5.41, 5.74) is 2.68. The number of likely N-dealkylation sites (tertiary alicyclic amines) is 1. The maximum absolute atomic E-state index is 13.2. The zero-order valence-corrected chi connectivity index (χ0v) is 18.7. The number of nitrogens with one attached hydrogen (secondary N) is 1. The Kier molecular flexibility index (Phi) is 5.52. The van der Waals surface area contributed by atoms with Gasteiger partial charge in [-0.3, -0.25) is 14.6 Å². The number of H-pyrrole nitrogens is 1. The second-order valence-corrected chi connectivity index (χ2v) is 9.78. The van der Waals surface area contributed by atoms with Crippen molar-refractivity contribution in [3.05, 3.63) is 46.1 Å². The summed E-state index contributed by atoms with van der Waals surface area (Å²) in [6, 6.07) is 10.1. The van der Waals surface area contributed by atoms with Gasteiger partial charge >= 0.3 is 0 Å². The van der Waals surface area contributed by atoms with Crippen LogP contribution in [-0.4, -0.2) is 47.0 Å².